The Kier molecular flexibility index (Phi) is 6.04. The van der Waals surface area contributed by atoms with E-state index in [1.165, 1.54) is 5.56 Å². The van der Waals surface area contributed by atoms with Crippen molar-refractivity contribution >= 4 is 22.8 Å². The van der Waals surface area contributed by atoms with Crippen LogP contribution in [0.4, 0.5) is 0 Å². The molecule has 0 radical (unpaired) electrons. The molecular weight excluding hydrogens is 428 g/mol. The summed E-state index contributed by atoms with van der Waals surface area (Å²) in [5.41, 5.74) is 2.70. The number of phenols is 1. The highest BCUT2D eigenvalue weighted by Gasteiger charge is 2.35. The minimum Gasteiger partial charge on any atom is -0.508 e. The summed E-state index contributed by atoms with van der Waals surface area (Å²) in [5.74, 6) is 0.0325. The van der Waals surface area contributed by atoms with E-state index in [4.69, 9.17) is 4.42 Å². The second kappa shape index (κ2) is 9.43. The molecule has 1 aliphatic rings. The van der Waals surface area contributed by atoms with E-state index in [9.17, 15) is 14.7 Å². The van der Waals surface area contributed by atoms with E-state index in [2.05, 4.69) is 12.1 Å². The molecule has 0 spiro atoms. The number of hydrogen-bond donors (Lipinski definition) is 1. The molecule has 1 atom stereocenters. The number of benzene rings is 3. The molecule has 0 saturated carbocycles. The van der Waals surface area contributed by atoms with Crippen LogP contribution >= 0.6 is 0 Å². The molecule has 3 aromatic carbocycles. The summed E-state index contributed by atoms with van der Waals surface area (Å²) in [5, 5.41) is 10.7. The van der Waals surface area contributed by atoms with Crippen molar-refractivity contribution in [3.63, 3.8) is 0 Å². The maximum atomic E-state index is 13.3. The topological polar surface area (TPSA) is 74.0 Å². The van der Waals surface area contributed by atoms with Gasteiger partial charge in [-0.25, -0.2) is 0 Å². The molecule has 1 aromatic heterocycles. The monoisotopic (exact) mass is 454 g/mol. The number of para-hydroxylation sites is 1. The molecule has 1 aliphatic heterocycles. The Hall–Kier alpha value is -4.06. The third-order valence-electron chi connectivity index (χ3n) is 6.31. The number of furan rings is 1. The number of nitrogens with zero attached hydrogens (tertiary/aromatic N) is 2. The lowest BCUT2D eigenvalue weighted by atomic mass is 10.0. The van der Waals surface area contributed by atoms with Gasteiger partial charge in [0.15, 0.2) is 5.76 Å². The summed E-state index contributed by atoms with van der Waals surface area (Å²) in [6, 6.07) is 26.2. The highest BCUT2D eigenvalue weighted by atomic mass is 16.3. The molecule has 6 nitrogen and oxygen atoms in total. The molecule has 1 fully saturated rings. The summed E-state index contributed by atoms with van der Waals surface area (Å²) in [4.78, 5) is 30.0. The van der Waals surface area contributed by atoms with E-state index in [1.807, 2.05) is 53.4 Å². The van der Waals surface area contributed by atoms with Gasteiger partial charge in [0.05, 0.1) is 6.04 Å². The van der Waals surface area contributed by atoms with Crippen LogP contribution < -0.4 is 0 Å². The average molecular weight is 455 g/mol. The van der Waals surface area contributed by atoms with Gasteiger partial charge in [0.1, 0.15) is 17.9 Å². The van der Waals surface area contributed by atoms with Crippen LogP contribution in [0.25, 0.3) is 11.0 Å². The number of rotatable bonds is 6. The first-order chi connectivity index (χ1) is 16.6. The molecule has 1 N–H and O–H groups in total. The largest absolute Gasteiger partial charge is 0.508 e. The van der Waals surface area contributed by atoms with Gasteiger partial charge in [-0.05, 0) is 48.2 Å². The zero-order valence-electron chi connectivity index (χ0n) is 18.8. The van der Waals surface area contributed by atoms with Gasteiger partial charge in [-0.2, -0.15) is 0 Å². The summed E-state index contributed by atoms with van der Waals surface area (Å²) < 4.78 is 5.77. The zero-order chi connectivity index (χ0) is 23.5. The van der Waals surface area contributed by atoms with Gasteiger partial charge in [-0.1, -0.05) is 60.7 Å². The first-order valence-corrected chi connectivity index (χ1v) is 11.5. The molecule has 0 aliphatic carbocycles. The Balaban J connectivity index is 1.38. The first-order valence-electron chi connectivity index (χ1n) is 11.5. The number of phenolic OH excluding ortho intramolecular Hbond substituents is 1. The number of carbonyl (C=O) groups excluding carboxylic acids is 2. The second-order valence-corrected chi connectivity index (χ2v) is 8.70. The van der Waals surface area contributed by atoms with Gasteiger partial charge in [0.2, 0.25) is 5.91 Å². The van der Waals surface area contributed by atoms with E-state index in [0.717, 1.165) is 23.8 Å². The number of aromatic hydroxyl groups is 1. The van der Waals surface area contributed by atoms with Crippen LogP contribution in [0.1, 0.15) is 28.1 Å². The van der Waals surface area contributed by atoms with Crippen LogP contribution in [0, 0.1) is 0 Å². The highest BCUT2D eigenvalue weighted by molar-refractivity contribution is 5.98. The molecule has 34 heavy (non-hydrogen) atoms. The van der Waals surface area contributed by atoms with E-state index in [1.54, 1.807) is 29.2 Å². The fraction of sp³-hybridized carbons (Fsp3) is 0.214. The van der Waals surface area contributed by atoms with Crippen LogP contribution in [-0.4, -0.2) is 45.9 Å². The lowest BCUT2D eigenvalue weighted by Crippen LogP contribution is -2.57. The third kappa shape index (κ3) is 4.66. The average Bonchev–Trinajstić information content (AvgIpc) is 3.29. The van der Waals surface area contributed by atoms with Crippen molar-refractivity contribution in [1.82, 2.24) is 9.80 Å². The minimum absolute atomic E-state index is 0.00344. The van der Waals surface area contributed by atoms with Gasteiger partial charge in [-0.3, -0.25) is 9.59 Å². The summed E-state index contributed by atoms with van der Waals surface area (Å²) >= 11 is 0. The molecule has 172 valence electrons. The molecule has 5 rings (SSSR count). The summed E-state index contributed by atoms with van der Waals surface area (Å²) in [6.07, 6.45) is 1.51. The van der Waals surface area contributed by atoms with Crippen molar-refractivity contribution in [3.8, 4) is 5.75 Å². The minimum atomic E-state index is -0.272. The van der Waals surface area contributed by atoms with Gasteiger partial charge < -0.3 is 19.3 Å². The van der Waals surface area contributed by atoms with Crippen LogP contribution in [-0.2, 0) is 17.8 Å². The normalized spacial score (nSPS) is 16.2. The Morgan fingerprint density at radius 3 is 2.50 bits per heavy atom. The Morgan fingerprint density at radius 1 is 0.941 bits per heavy atom. The molecule has 2 amide bonds. The van der Waals surface area contributed by atoms with Crippen molar-refractivity contribution in [3.05, 3.63) is 102 Å². The van der Waals surface area contributed by atoms with E-state index >= 15 is 0 Å². The molecule has 0 unspecified atom stereocenters. The second-order valence-electron chi connectivity index (χ2n) is 8.70. The van der Waals surface area contributed by atoms with Crippen molar-refractivity contribution in [2.24, 2.45) is 0 Å². The van der Waals surface area contributed by atoms with Crippen molar-refractivity contribution in [2.75, 3.05) is 13.1 Å². The van der Waals surface area contributed by atoms with Crippen LogP contribution in [0.3, 0.4) is 0 Å². The highest BCUT2D eigenvalue weighted by Crippen LogP contribution is 2.25. The van der Waals surface area contributed by atoms with Gasteiger partial charge in [0, 0.05) is 18.5 Å². The number of carbonyl (C=O) groups is 2. The van der Waals surface area contributed by atoms with E-state index < -0.39 is 0 Å². The lowest BCUT2D eigenvalue weighted by molar-refractivity contribution is -0.139. The fourth-order valence-corrected chi connectivity index (χ4v) is 4.57. The third-order valence-corrected chi connectivity index (χ3v) is 6.31. The molecule has 0 bridgehead atoms. The number of fused-ring (bicyclic) bond motifs is 1. The standard InChI is InChI=1S/C28H26N2O4/c31-24-11-6-9-21(15-24)17-30-23(14-13-20-7-2-1-3-8-20)18-29(19-27(30)32)28(33)26-16-22-10-4-5-12-25(22)34-26/h1-12,15-16,23,31H,13-14,17-19H2/t23-/m0/s1. The fourth-order valence-electron chi connectivity index (χ4n) is 4.57. The summed E-state index contributed by atoms with van der Waals surface area (Å²) in [6.45, 7) is 0.809. The quantitative estimate of drug-likeness (QED) is 0.461. The van der Waals surface area contributed by atoms with Crippen LogP contribution in [0.2, 0.25) is 0 Å². The maximum absolute atomic E-state index is 13.3. The molecule has 1 saturated heterocycles. The number of hydrogen-bond acceptors (Lipinski definition) is 4. The number of piperazine rings is 1. The van der Waals surface area contributed by atoms with Crippen LogP contribution in [0.5, 0.6) is 5.75 Å². The Bertz CT molecular complexity index is 1280. The lowest BCUT2D eigenvalue weighted by Gasteiger charge is -2.41. The summed E-state index contributed by atoms with van der Waals surface area (Å²) in [7, 11) is 0. The van der Waals surface area contributed by atoms with E-state index in [-0.39, 0.29) is 35.9 Å². The van der Waals surface area contributed by atoms with E-state index in [0.29, 0.717) is 18.7 Å². The smallest absolute Gasteiger partial charge is 0.290 e. The predicted octanol–water partition coefficient (Wildman–Crippen LogP) is 4.62. The predicted molar refractivity (Wildman–Crippen MR) is 129 cm³/mol. The van der Waals surface area contributed by atoms with Crippen molar-refractivity contribution in [1.29, 1.82) is 0 Å². The zero-order valence-corrected chi connectivity index (χ0v) is 18.8. The van der Waals surface area contributed by atoms with Crippen molar-refractivity contribution < 1.29 is 19.1 Å². The number of amides is 2. The van der Waals surface area contributed by atoms with Gasteiger partial charge in [-0.15, -0.1) is 0 Å². The first kappa shape index (κ1) is 21.8. The Labute approximate surface area is 198 Å². The number of aryl methyl sites for hydroxylation is 1. The molecular formula is C28H26N2O4. The molecule has 6 heteroatoms. The van der Waals surface area contributed by atoms with Crippen molar-refractivity contribution in [2.45, 2.75) is 25.4 Å². The van der Waals surface area contributed by atoms with Gasteiger partial charge >= 0.3 is 0 Å². The maximum Gasteiger partial charge on any atom is 0.290 e. The molecule has 4 aromatic rings. The van der Waals surface area contributed by atoms with Gasteiger partial charge in [0.25, 0.3) is 5.91 Å². The SMILES string of the molecule is O=C(c1cc2ccccc2o1)N1CC(=O)N(Cc2cccc(O)c2)[C@@H](CCc2ccccc2)C1. The molecule has 2 heterocycles. The Morgan fingerprint density at radius 2 is 1.71 bits per heavy atom. The van der Waals surface area contributed by atoms with Crippen LogP contribution in [0.15, 0.2) is 89.3 Å².